The maximum absolute atomic E-state index is 9.96. The summed E-state index contributed by atoms with van der Waals surface area (Å²) in [5, 5.41) is 9.96. The molecule has 110 valence electrons. The molecule has 0 bridgehead atoms. The molecule has 0 unspecified atom stereocenters. The van der Waals surface area contributed by atoms with Crippen LogP contribution in [-0.2, 0) is 16.1 Å². The molecule has 3 atom stereocenters. The fraction of sp³-hybridized carbons (Fsp3) is 0.529. The first-order valence-corrected chi connectivity index (χ1v) is 7.39. The summed E-state index contributed by atoms with van der Waals surface area (Å²) in [7, 11) is 0. The van der Waals surface area contributed by atoms with E-state index in [-0.39, 0.29) is 18.3 Å². The number of rotatable bonds is 7. The van der Waals surface area contributed by atoms with E-state index in [4.69, 9.17) is 9.47 Å². The van der Waals surface area contributed by atoms with E-state index < -0.39 is 0 Å². The van der Waals surface area contributed by atoms with Crippen molar-refractivity contribution in [2.75, 3.05) is 6.61 Å². The molecule has 3 nitrogen and oxygen atoms in total. The molecule has 20 heavy (non-hydrogen) atoms. The summed E-state index contributed by atoms with van der Waals surface area (Å²) in [4.78, 5) is 0. The minimum atomic E-state index is -0.373. The van der Waals surface area contributed by atoms with E-state index in [2.05, 4.69) is 19.1 Å². The van der Waals surface area contributed by atoms with Gasteiger partial charge in [0.2, 0.25) is 0 Å². The van der Waals surface area contributed by atoms with Gasteiger partial charge in [0.15, 0.2) is 0 Å². The first kappa shape index (κ1) is 15.2. The first-order chi connectivity index (χ1) is 9.79. The number of benzene rings is 1. The molecule has 0 saturated carbocycles. The minimum Gasteiger partial charge on any atom is -0.390 e. The third kappa shape index (κ3) is 4.75. The molecule has 0 aromatic heterocycles. The van der Waals surface area contributed by atoms with E-state index in [9.17, 15) is 5.11 Å². The zero-order valence-corrected chi connectivity index (χ0v) is 12.1. The lowest BCUT2D eigenvalue weighted by atomic mass is 10.1. The van der Waals surface area contributed by atoms with Crippen molar-refractivity contribution in [1.29, 1.82) is 0 Å². The van der Waals surface area contributed by atoms with Crippen molar-refractivity contribution in [2.24, 2.45) is 0 Å². The van der Waals surface area contributed by atoms with Gasteiger partial charge in [-0.1, -0.05) is 49.4 Å². The van der Waals surface area contributed by atoms with Crippen molar-refractivity contribution in [3.63, 3.8) is 0 Å². The van der Waals surface area contributed by atoms with Crippen LogP contribution >= 0.6 is 0 Å². The molecule has 0 amide bonds. The second-order valence-electron chi connectivity index (χ2n) is 5.22. The zero-order valence-electron chi connectivity index (χ0n) is 12.1. The highest BCUT2D eigenvalue weighted by molar-refractivity contribution is 5.13. The lowest BCUT2D eigenvalue weighted by Crippen LogP contribution is -2.20. The Morgan fingerprint density at radius 3 is 2.85 bits per heavy atom. The largest absolute Gasteiger partial charge is 0.390 e. The molecule has 1 N–H and O–H groups in total. The minimum absolute atomic E-state index is 0.00809. The summed E-state index contributed by atoms with van der Waals surface area (Å²) < 4.78 is 11.5. The predicted molar refractivity (Wildman–Crippen MR) is 79.4 cm³/mol. The Hall–Kier alpha value is -1.16. The molecule has 0 radical (unpaired) electrons. The summed E-state index contributed by atoms with van der Waals surface area (Å²) in [6, 6.07) is 10.1. The molecule has 3 heteroatoms. The number of aliphatic hydroxyl groups excluding tert-OH is 1. The number of allylic oxidation sites excluding steroid dienone is 1. The average Bonchev–Trinajstić information content (AvgIpc) is 2.81. The van der Waals surface area contributed by atoms with Gasteiger partial charge in [0.1, 0.15) is 0 Å². The summed E-state index contributed by atoms with van der Waals surface area (Å²) in [6.07, 6.45) is 6.21. The topological polar surface area (TPSA) is 38.7 Å². The van der Waals surface area contributed by atoms with Crippen molar-refractivity contribution in [3.05, 3.63) is 48.0 Å². The molecule has 1 heterocycles. The first-order valence-electron chi connectivity index (χ1n) is 7.39. The van der Waals surface area contributed by atoms with E-state index in [0.29, 0.717) is 19.6 Å². The van der Waals surface area contributed by atoms with Crippen molar-refractivity contribution >= 4 is 0 Å². The molecule has 0 aliphatic carbocycles. The Balaban J connectivity index is 1.68. The number of hydrogen-bond donors (Lipinski definition) is 1. The Kier molecular flexibility index (Phi) is 6.25. The summed E-state index contributed by atoms with van der Waals surface area (Å²) in [5.41, 5.74) is 1.16. The van der Waals surface area contributed by atoms with Crippen molar-refractivity contribution in [1.82, 2.24) is 0 Å². The molecule has 1 aliphatic heterocycles. The monoisotopic (exact) mass is 276 g/mol. The van der Waals surface area contributed by atoms with Crippen LogP contribution in [0.5, 0.6) is 0 Å². The van der Waals surface area contributed by atoms with E-state index in [1.54, 1.807) is 0 Å². The molecule has 1 aromatic carbocycles. The summed E-state index contributed by atoms with van der Waals surface area (Å²) in [6.45, 7) is 3.24. The predicted octanol–water partition coefficient (Wildman–Crippen LogP) is 3.08. The Morgan fingerprint density at radius 1 is 1.30 bits per heavy atom. The fourth-order valence-electron chi connectivity index (χ4n) is 2.41. The SMILES string of the molecule is CC/C=C\C[C@H]1O[C@H](COCc2ccccc2)C[C@H]1O. The van der Waals surface area contributed by atoms with Gasteiger partial charge in [-0.15, -0.1) is 0 Å². The number of ether oxygens (including phenoxy) is 2. The van der Waals surface area contributed by atoms with E-state index in [0.717, 1.165) is 18.4 Å². The number of aliphatic hydroxyl groups is 1. The van der Waals surface area contributed by atoms with E-state index >= 15 is 0 Å². The van der Waals surface area contributed by atoms with Gasteiger partial charge in [-0.05, 0) is 18.4 Å². The van der Waals surface area contributed by atoms with Crippen molar-refractivity contribution < 1.29 is 14.6 Å². The highest BCUT2D eigenvalue weighted by Gasteiger charge is 2.32. The second kappa shape index (κ2) is 8.20. The zero-order chi connectivity index (χ0) is 14.2. The lowest BCUT2D eigenvalue weighted by Gasteiger charge is -2.13. The Labute approximate surface area is 121 Å². The summed E-state index contributed by atoms with van der Waals surface area (Å²) in [5.74, 6) is 0. The third-order valence-corrected chi connectivity index (χ3v) is 3.49. The van der Waals surface area contributed by atoms with Crippen LogP contribution in [0.15, 0.2) is 42.5 Å². The standard InChI is InChI=1S/C17H24O3/c1-2-3-5-10-17-16(18)11-15(20-17)13-19-12-14-8-6-4-7-9-14/h3-9,15-18H,2,10-13H2,1H3/b5-3-/t15-,16+,17+/m0/s1. The number of hydrogen-bond acceptors (Lipinski definition) is 3. The van der Waals surface area contributed by atoms with Crippen LogP contribution in [0.3, 0.4) is 0 Å². The molecule has 1 aromatic rings. The van der Waals surface area contributed by atoms with Gasteiger partial charge in [0, 0.05) is 6.42 Å². The maximum Gasteiger partial charge on any atom is 0.0874 e. The Morgan fingerprint density at radius 2 is 2.10 bits per heavy atom. The van der Waals surface area contributed by atoms with Crippen molar-refractivity contribution in [2.45, 2.75) is 51.1 Å². The van der Waals surface area contributed by atoms with Crippen molar-refractivity contribution in [3.8, 4) is 0 Å². The fourth-order valence-corrected chi connectivity index (χ4v) is 2.41. The highest BCUT2D eigenvalue weighted by atomic mass is 16.6. The third-order valence-electron chi connectivity index (χ3n) is 3.49. The highest BCUT2D eigenvalue weighted by Crippen LogP contribution is 2.23. The van der Waals surface area contributed by atoms with Gasteiger partial charge in [0.25, 0.3) is 0 Å². The van der Waals surface area contributed by atoms with Gasteiger partial charge < -0.3 is 14.6 Å². The van der Waals surface area contributed by atoms with Gasteiger partial charge in [0.05, 0.1) is 31.5 Å². The molecular weight excluding hydrogens is 252 g/mol. The summed E-state index contributed by atoms with van der Waals surface area (Å²) >= 11 is 0. The van der Waals surface area contributed by atoms with Crippen LogP contribution < -0.4 is 0 Å². The van der Waals surface area contributed by atoms with Crippen LogP contribution in [-0.4, -0.2) is 30.0 Å². The van der Waals surface area contributed by atoms with Crippen LogP contribution in [0, 0.1) is 0 Å². The Bertz CT molecular complexity index is 402. The van der Waals surface area contributed by atoms with E-state index in [1.807, 2.05) is 30.3 Å². The average molecular weight is 276 g/mol. The lowest BCUT2D eigenvalue weighted by molar-refractivity contribution is -0.0296. The maximum atomic E-state index is 9.96. The van der Waals surface area contributed by atoms with Crippen LogP contribution in [0.2, 0.25) is 0 Å². The smallest absolute Gasteiger partial charge is 0.0874 e. The normalized spacial score (nSPS) is 26.4. The van der Waals surface area contributed by atoms with Crippen LogP contribution in [0.1, 0.15) is 31.7 Å². The second-order valence-corrected chi connectivity index (χ2v) is 5.22. The molecular formula is C17H24O3. The molecule has 0 spiro atoms. The van der Waals surface area contributed by atoms with Crippen LogP contribution in [0.4, 0.5) is 0 Å². The quantitative estimate of drug-likeness (QED) is 0.778. The van der Waals surface area contributed by atoms with Gasteiger partial charge in [-0.2, -0.15) is 0 Å². The molecule has 1 saturated heterocycles. The van der Waals surface area contributed by atoms with Gasteiger partial charge >= 0.3 is 0 Å². The van der Waals surface area contributed by atoms with Crippen LogP contribution in [0.25, 0.3) is 0 Å². The molecule has 1 aliphatic rings. The van der Waals surface area contributed by atoms with Gasteiger partial charge in [-0.25, -0.2) is 0 Å². The van der Waals surface area contributed by atoms with E-state index in [1.165, 1.54) is 0 Å². The van der Waals surface area contributed by atoms with Gasteiger partial charge in [-0.3, -0.25) is 0 Å². The molecule has 2 rings (SSSR count). The molecule has 1 fully saturated rings.